The molecule has 0 saturated heterocycles. The first-order valence-corrected chi connectivity index (χ1v) is 6.42. The molecule has 6 heteroatoms. The lowest BCUT2D eigenvalue weighted by molar-refractivity contribution is 0.341. The number of nitrogens with one attached hydrogen (secondary N) is 1. The molecule has 0 fully saturated rings. The predicted octanol–water partition coefficient (Wildman–Crippen LogP) is 2.15. The van der Waals surface area contributed by atoms with Crippen molar-refractivity contribution in [1.82, 2.24) is 9.97 Å². The van der Waals surface area contributed by atoms with Gasteiger partial charge < -0.3 is 14.8 Å². The largest absolute Gasteiger partial charge is 0.493 e. The van der Waals surface area contributed by atoms with Gasteiger partial charge in [-0.05, 0) is 41.6 Å². The second kappa shape index (κ2) is 5.38. The fraction of sp³-hybridized carbons (Fsp3) is 0.167. The van der Waals surface area contributed by atoms with Crippen molar-refractivity contribution in [2.24, 2.45) is 0 Å². The van der Waals surface area contributed by atoms with E-state index in [9.17, 15) is 9.90 Å². The predicted molar refractivity (Wildman–Crippen MR) is 75.8 cm³/mol. The van der Waals surface area contributed by atoms with Gasteiger partial charge in [0.15, 0.2) is 0 Å². The summed E-state index contributed by atoms with van der Waals surface area (Å²) in [6, 6.07) is 7.20. The Bertz CT molecular complexity index is 625. The summed E-state index contributed by atoms with van der Waals surface area (Å²) in [4.78, 5) is 18.2. The lowest BCUT2D eigenvalue weighted by Gasteiger charge is -2.09. The van der Waals surface area contributed by atoms with Gasteiger partial charge in [0.1, 0.15) is 15.1 Å². The van der Waals surface area contributed by atoms with Crippen LogP contribution in [0.2, 0.25) is 0 Å². The summed E-state index contributed by atoms with van der Waals surface area (Å²) in [7, 11) is 0. The first kappa shape index (κ1) is 12.9. The summed E-state index contributed by atoms with van der Waals surface area (Å²) in [5.41, 5.74) is 0.271. The molecule has 18 heavy (non-hydrogen) atoms. The van der Waals surface area contributed by atoms with Gasteiger partial charge in [0.05, 0.1) is 12.2 Å². The highest BCUT2D eigenvalue weighted by molar-refractivity contribution is 14.1. The monoisotopic (exact) mass is 358 g/mol. The Morgan fingerprint density at radius 1 is 1.44 bits per heavy atom. The zero-order valence-electron chi connectivity index (χ0n) is 9.61. The summed E-state index contributed by atoms with van der Waals surface area (Å²) in [6.45, 7) is 2.38. The number of halogens is 1. The number of aromatic amines is 1. The third-order valence-electron chi connectivity index (χ3n) is 2.29. The number of hydrogen-bond acceptors (Lipinski definition) is 4. The van der Waals surface area contributed by atoms with Gasteiger partial charge in [-0.3, -0.25) is 4.79 Å². The second-order valence-corrected chi connectivity index (χ2v) is 4.56. The fourth-order valence-corrected chi connectivity index (χ4v) is 1.77. The van der Waals surface area contributed by atoms with E-state index in [0.717, 1.165) is 0 Å². The Hall–Kier alpha value is -1.57. The maximum Gasteiger partial charge on any atom is 0.268 e. The van der Waals surface area contributed by atoms with Crippen LogP contribution in [0.3, 0.4) is 0 Å². The molecule has 1 aromatic heterocycles. The minimum Gasteiger partial charge on any atom is -0.493 e. The smallest absolute Gasteiger partial charge is 0.268 e. The van der Waals surface area contributed by atoms with E-state index in [1.165, 1.54) is 0 Å². The van der Waals surface area contributed by atoms with Crippen LogP contribution >= 0.6 is 22.6 Å². The van der Waals surface area contributed by atoms with E-state index in [1.807, 2.05) is 19.1 Å². The zero-order chi connectivity index (χ0) is 13.1. The van der Waals surface area contributed by atoms with E-state index in [-0.39, 0.29) is 15.0 Å². The molecule has 0 radical (unpaired) electrons. The quantitative estimate of drug-likeness (QED) is 0.825. The topological polar surface area (TPSA) is 75.2 Å². The van der Waals surface area contributed by atoms with E-state index in [4.69, 9.17) is 4.74 Å². The first-order chi connectivity index (χ1) is 8.63. The van der Waals surface area contributed by atoms with Crippen molar-refractivity contribution in [3.63, 3.8) is 0 Å². The van der Waals surface area contributed by atoms with Crippen LogP contribution in [0.4, 0.5) is 0 Å². The Labute approximate surface area is 117 Å². The molecule has 0 unspecified atom stereocenters. The molecule has 0 spiro atoms. The number of aromatic hydroxyl groups is 1. The summed E-state index contributed by atoms with van der Waals surface area (Å²) < 4.78 is 5.63. The van der Waals surface area contributed by atoms with Gasteiger partial charge in [-0.15, -0.1) is 0 Å². The van der Waals surface area contributed by atoms with Crippen LogP contribution in [-0.4, -0.2) is 21.7 Å². The van der Waals surface area contributed by atoms with Gasteiger partial charge in [-0.2, -0.15) is 4.98 Å². The van der Waals surface area contributed by atoms with Crippen LogP contribution in [0, 0.1) is 3.57 Å². The average molecular weight is 358 g/mol. The van der Waals surface area contributed by atoms with Crippen molar-refractivity contribution in [1.29, 1.82) is 0 Å². The second-order valence-electron chi connectivity index (χ2n) is 3.48. The molecular formula is C12H11IN2O3. The summed E-state index contributed by atoms with van der Waals surface area (Å²) in [5, 5.41) is 9.58. The van der Waals surface area contributed by atoms with E-state index in [1.54, 1.807) is 34.7 Å². The molecule has 0 atom stereocenters. The SMILES string of the molecule is CCOc1ccccc1-c1nc(O)c(I)c(=O)[nH]1. The van der Waals surface area contributed by atoms with Crippen molar-refractivity contribution in [3.05, 3.63) is 38.2 Å². The highest BCUT2D eigenvalue weighted by Gasteiger charge is 2.12. The molecule has 0 aliphatic carbocycles. The molecule has 0 aliphatic rings. The van der Waals surface area contributed by atoms with Gasteiger partial charge in [-0.1, -0.05) is 12.1 Å². The molecule has 0 aliphatic heterocycles. The van der Waals surface area contributed by atoms with Crippen LogP contribution in [0.25, 0.3) is 11.4 Å². The Balaban J connectivity index is 2.59. The van der Waals surface area contributed by atoms with Gasteiger partial charge in [0.2, 0.25) is 5.88 Å². The van der Waals surface area contributed by atoms with Crippen molar-refractivity contribution >= 4 is 22.6 Å². The number of ether oxygens (including phenoxy) is 1. The van der Waals surface area contributed by atoms with Crippen molar-refractivity contribution in [2.45, 2.75) is 6.92 Å². The van der Waals surface area contributed by atoms with Gasteiger partial charge in [0.25, 0.3) is 5.56 Å². The Morgan fingerprint density at radius 2 is 2.17 bits per heavy atom. The minimum atomic E-state index is -0.371. The number of hydrogen-bond donors (Lipinski definition) is 2. The number of para-hydroxylation sites is 1. The van der Waals surface area contributed by atoms with Crippen molar-refractivity contribution in [2.75, 3.05) is 6.61 Å². The summed E-state index contributed by atoms with van der Waals surface area (Å²) in [5.74, 6) is 0.631. The van der Waals surface area contributed by atoms with Crippen LogP contribution in [0.15, 0.2) is 29.1 Å². The lowest BCUT2D eigenvalue weighted by Crippen LogP contribution is -2.12. The molecule has 1 aromatic carbocycles. The van der Waals surface area contributed by atoms with Crippen LogP contribution in [0.1, 0.15) is 6.92 Å². The molecule has 2 rings (SSSR count). The first-order valence-electron chi connectivity index (χ1n) is 5.34. The average Bonchev–Trinajstić information content (AvgIpc) is 2.36. The normalized spacial score (nSPS) is 10.3. The third kappa shape index (κ3) is 2.47. The number of rotatable bonds is 3. The minimum absolute atomic E-state index is 0.172. The van der Waals surface area contributed by atoms with Gasteiger partial charge >= 0.3 is 0 Å². The molecule has 94 valence electrons. The molecule has 5 nitrogen and oxygen atoms in total. The Kier molecular flexibility index (Phi) is 3.85. The number of benzene rings is 1. The van der Waals surface area contributed by atoms with E-state index in [2.05, 4.69) is 9.97 Å². The molecule has 2 aromatic rings. The maximum atomic E-state index is 11.6. The van der Waals surface area contributed by atoms with Crippen molar-refractivity contribution < 1.29 is 9.84 Å². The highest BCUT2D eigenvalue weighted by Crippen LogP contribution is 2.27. The molecule has 0 bridgehead atoms. The van der Waals surface area contributed by atoms with Crippen LogP contribution < -0.4 is 10.3 Å². The maximum absolute atomic E-state index is 11.6. The van der Waals surface area contributed by atoms with Gasteiger partial charge in [0, 0.05) is 0 Å². The van der Waals surface area contributed by atoms with Crippen LogP contribution in [-0.2, 0) is 0 Å². The summed E-state index contributed by atoms with van der Waals surface area (Å²) >= 11 is 1.74. The number of aromatic nitrogens is 2. The van der Waals surface area contributed by atoms with E-state index in [0.29, 0.717) is 23.7 Å². The zero-order valence-corrected chi connectivity index (χ0v) is 11.8. The molecule has 1 heterocycles. The van der Waals surface area contributed by atoms with E-state index >= 15 is 0 Å². The van der Waals surface area contributed by atoms with Crippen LogP contribution in [0.5, 0.6) is 11.6 Å². The summed E-state index contributed by atoms with van der Waals surface area (Å²) in [6.07, 6.45) is 0. The number of nitrogens with zero attached hydrogens (tertiary/aromatic N) is 1. The molecule has 0 amide bonds. The highest BCUT2D eigenvalue weighted by atomic mass is 127. The third-order valence-corrected chi connectivity index (χ3v) is 3.26. The molecular weight excluding hydrogens is 347 g/mol. The number of H-pyrrole nitrogens is 1. The fourth-order valence-electron chi connectivity index (χ4n) is 1.52. The van der Waals surface area contributed by atoms with E-state index < -0.39 is 0 Å². The standard InChI is InChI=1S/C12H11IN2O3/c1-2-18-8-6-4-3-5-7(8)10-14-11(16)9(13)12(17)15-10/h3-6H,2H2,1H3,(H2,14,15,16,17). The van der Waals surface area contributed by atoms with Crippen molar-refractivity contribution in [3.8, 4) is 23.0 Å². The van der Waals surface area contributed by atoms with Gasteiger partial charge in [-0.25, -0.2) is 0 Å². The molecule has 0 saturated carbocycles. The Morgan fingerprint density at radius 3 is 2.83 bits per heavy atom. The lowest BCUT2D eigenvalue weighted by atomic mass is 10.2. The molecule has 2 N–H and O–H groups in total.